The number of nitrogens with zero attached hydrogens (tertiary/aromatic N) is 4. The van der Waals surface area contributed by atoms with Crippen molar-refractivity contribution >= 4 is 30.4 Å². The highest BCUT2D eigenvalue weighted by atomic mass is 32.1. The number of likely N-dealkylation sites (tertiary alicyclic amines) is 1. The highest BCUT2D eigenvalue weighted by Crippen LogP contribution is 2.25. The van der Waals surface area contributed by atoms with Crippen molar-refractivity contribution in [2.45, 2.75) is 24.3 Å². The maximum Gasteiger partial charge on any atom is 0.410 e. The van der Waals surface area contributed by atoms with Crippen LogP contribution in [0.2, 0.25) is 0 Å². The van der Waals surface area contributed by atoms with Crippen LogP contribution < -0.4 is 0 Å². The molecule has 0 unspecified atom stereocenters. The number of ether oxygens (including phenoxy) is 1. The van der Waals surface area contributed by atoms with E-state index in [1.807, 2.05) is 0 Å². The number of benzene rings is 1. The molecule has 0 radical (unpaired) electrons. The molecule has 0 aliphatic carbocycles. The summed E-state index contributed by atoms with van der Waals surface area (Å²) >= 11 is 4.48. The van der Waals surface area contributed by atoms with Crippen LogP contribution in [0.3, 0.4) is 0 Å². The Hall–Kier alpha value is -2.49. The van der Waals surface area contributed by atoms with Gasteiger partial charge in [0.2, 0.25) is 0 Å². The quantitative estimate of drug-likeness (QED) is 0.468. The lowest BCUT2D eigenvalue weighted by atomic mass is 10.2. The number of non-ortho nitro benzene ring substituents is 1. The highest BCUT2D eigenvalue weighted by molar-refractivity contribution is 7.81. The minimum atomic E-state index is -0.478. The number of nitro groups is 1. The summed E-state index contributed by atoms with van der Waals surface area (Å²) in [5.41, 5.74) is 0.659. The lowest BCUT2D eigenvalue weighted by Gasteiger charge is -2.27. The molecule has 146 valence electrons. The summed E-state index contributed by atoms with van der Waals surface area (Å²) in [4.78, 5) is 39.8. The molecule has 9 nitrogen and oxygen atoms in total. The molecular weight excluding hydrogens is 372 g/mol. The van der Waals surface area contributed by atoms with Crippen LogP contribution in [0.15, 0.2) is 24.3 Å². The summed E-state index contributed by atoms with van der Waals surface area (Å²) in [6, 6.07) is 5.71. The lowest BCUT2D eigenvalue weighted by molar-refractivity contribution is -0.384. The molecule has 27 heavy (non-hydrogen) atoms. The van der Waals surface area contributed by atoms with Gasteiger partial charge in [0.25, 0.3) is 5.69 Å². The number of hydrogen-bond acceptors (Lipinski definition) is 6. The van der Waals surface area contributed by atoms with Crippen molar-refractivity contribution in [2.75, 3.05) is 33.2 Å². The molecule has 0 bridgehead atoms. The maximum atomic E-state index is 12.5. The van der Waals surface area contributed by atoms with Gasteiger partial charge in [-0.1, -0.05) is 0 Å². The second-order valence-electron chi connectivity index (χ2n) is 6.82. The Morgan fingerprint density at radius 1 is 1.33 bits per heavy atom. The number of rotatable bonds is 5. The van der Waals surface area contributed by atoms with E-state index in [1.165, 1.54) is 12.1 Å². The summed E-state index contributed by atoms with van der Waals surface area (Å²) in [5.74, 6) is 0. The maximum absolute atomic E-state index is 12.5. The number of hydrogen-bond donors (Lipinski definition) is 1. The third-order valence-corrected chi connectivity index (χ3v) is 5.24. The first kappa shape index (κ1) is 19.3. The molecule has 0 N–H and O–H groups in total. The topological polar surface area (TPSA) is 96.2 Å². The van der Waals surface area contributed by atoms with Crippen LogP contribution in [0.25, 0.3) is 0 Å². The molecule has 0 saturated carbocycles. The van der Waals surface area contributed by atoms with E-state index in [9.17, 15) is 19.7 Å². The Kier molecular flexibility index (Phi) is 5.73. The van der Waals surface area contributed by atoms with Crippen molar-refractivity contribution in [3.8, 4) is 0 Å². The Morgan fingerprint density at radius 2 is 2.04 bits per heavy atom. The van der Waals surface area contributed by atoms with Crippen LogP contribution in [-0.4, -0.2) is 76.3 Å². The van der Waals surface area contributed by atoms with Gasteiger partial charge in [0.15, 0.2) is 0 Å². The molecule has 0 spiro atoms. The SMILES string of the molecule is CN1CCN(C[C@@H]2C[C@H](S)CN2C(=O)OCc2ccc([N+](=O)[O-])cc2)C1=O. The summed E-state index contributed by atoms with van der Waals surface area (Å²) < 4.78 is 5.37. The minimum Gasteiger partial charge on any atom is -0.445 e. The van der Waals surface area contributed by atoms with Gasteiger partial charge in [0.1, 0.15) is 6.61 Å². The van der Waals surface area contributed by atoms with Crippen molar-refractivity contribution in [2.24, 2.45) is 0 Å². The zero-order chi connectivity index (χ0) is 19.6. The van der Waals surface area contributed by atoms with Gasteiger partial charge in [-0.15, -0.1) is 0 Å². The zero-order valence-electron chi connectivity index (χ0n) is 15.0. The van der Waals surface area contributed by atoms with Gasteiger partial charge in [0, 0.05) is 50.6 Å². The third-order valence-electron chi connectivity index (χ3n) is 4.87. The predicted molar refractivity (Wildman–Crippen MR) is 101 cm³/mol. The van der Waals surface area contributed by atoms with Crippen LogP contribution in [0.1, 0.15) is 12.0 Å². The van der Waals surface area contributed by atoms with Crippen molar-refractivity contribution in [1.29, 1.82) is 0 Å². The predicted octanol–water partition coefficient (Wildman–Crippen LogP) is 1.97. The van der Waals surface area contributed by atoms with Gasteiger partial charge in [-0.3, -0.25) is 10.1 Å². The van der Waals surface area contributed by atoms with Crippen LogP contribution in [0, 0.1) is 10.1 Å². The summed E-state index contributed by atoms with van der Waals surface area (Å²) in [5, 5.41) is 10.7. The van der Waals surface area contributed by atoms with Crippen LogP contribution in [0.4, 0.5) is 15.3 Å². The number of carbonyl (C=O) groups excluding carboxylic acids is 2. The van der Waals surface area contributed by atoms with E-state index in [-0.39, 0.29) is 29.6 Å². The first-order valence-corrected chi connectivity index (χ1v) is 9.21. The largest absolute Gasteiger partial charge is 0.445 e. The molecule has 2 saturated heterocycles. The number of thiol groups is 1. The minimum absolute atomic E-state index is 0.0113. The monoisotopic (exact) mass is 394 g/mol. The molecule has 3 rings (SSSR count). The smallest absolute Gasteiger partial charge is 0.410 e. The van der Waals surface area contributed by atoms with Gasteiger partial charge in [0.05, 0.1) is 11.0 Å². The van der Waals surface area contributed by atoms with Gasteiger partial charge in [-0.25, -0.2) is 9.59 Å². The second kappa shape index (κ2) is 8.03. The van der Waals surface area contributed by atoms with Crippen molar-refractivity contribution in [3.05, 3.63) is 39.9 Å². The normalized spacial score (nSPS) is 22.4. The van der Waals surface area contributed by atoms with E-state index in [2.05, 4.69) is 12.6 Å². The van der Waals surface area contributed by atoms with Crippen LogP contribution in [-0.2, 0) is 11.3 Å². The standard InChI is InChI=1S/C17H22N4O5S/c1-18-6-7-19(16(18)22)9-14-8-15(27)10-20(14)17(23)26-11-12-2-4-13(5-3-12)21(24)25/h2-5,14-15,27H,6-11H2,1H3/t14-,15-/m0/s1. The lowest BCUT2D eigenvalue weighted by Crippen LogP contribution is -2.44. The average molecular weight is 394 g/mol. The Bertz CT molecular complexity index is 729. The molecule has 10 heteroatoms. The third kappa shape index (κ3) is 4.44. The van der Waals surface area contributed by atoms with Crippen LogP contribution in [0.5, 0.6) is 0 Å². The summed E-state index contributed by atoms with van der Waals surface area (Å²) in [7, 11) is 1.76. The first-order chi connectivity index (χ1) is 12.8. The van der Waals surface area contributed by atoms with Crippen molar-refractivity contribution in [1.82, 2.24) is 14.7 Å². The van der Waals surface area contributed by atoms with E-state index in [4.69, 9.17) is 4.74 Å². The average Bonchev–Trinajstić information content (AvgIpc) is 3.17. The molecular formula is C17H22N4O5S. The van der Waals surface area contributed by atoms with E-state index in [1.54, 1.807) is 33.9 Å². The number of nitro benzene ring substituents is 1. The van der Waals surface area contributed by atoms with Gasteiger partial charge in [-0.05, 0) is 24.1 Å². The Balaban J connectivity index is 1.57. The van der Waals surface area contributed by atoms with Crippen LogP contribution >= 0.6 is 12.6 Å². The fraction of sp³-hybridized carbons (Fsp3) is 0.529. The number of carbonyl (C=O) groups is 2. The molecule has 2 aliphatic rings. The second-order valence-corrected chi connectivity index (χ2v) is 7.55. The van der Waals surface area contributed by atoms with Crippen molar-refractivity contribution in [3.63, 3.8) is 0 Å². The molecule has 2 fully saturated rings. The molecule has 0 aromatic heterocycles. The molecule has 2 heterocycles. The molecule has 2 atom stereocenters. The highest BCUT2D eigenvalue weighted by Gasteiger charge is 2.38. The molecule has 1 aromatic rings. The summed E-state index contributed by atoms with van der Waals surface area (Å²) in [6.07, 6.45) is 0.235. The van der Waals surface area contributed by atoms with E-state index < -0.39 is 11.0 Å². The van der Waals surface area contributed by atoms with E-state index in [0.29, 0.717) is 38.2 Å². The van der Waals surface area contributed by atoms with E-state index in [0.717, 1.165) is 0 Å². The number of likely N-dealkylation sites (N-methyl/N-ethyl adjacent to an activating group) is 1. The Labute approximate surface area is 162 Å². The number of amides is 3. The van der Waals surface area contributed by atoms with Gasteiger partial charge < -0.3 is 19.4 Å². The molecule has 1 aromatic carbocycles. The van der Waals surface area contributed by atoms with Gasteiger partial charge >= 0.3 is 12.1 Å². The Morgan fingerprint density at radius 3 is 2.63 bits per heavy atom. The molecule has 2 aliphatic heterocycles. The number of urea groups is 1. The fourth-order valence-electron chi connectivity index (χ4n) is 3.36. The summed E-state index contributed by atoms with van der Waals surface area (Å²) in [6.45, 7) is 2.29. The van der Waals surface area contributed by atoms with Crippen molar-refractivity contribution < 1.29 is 19.2 Å². The zero-order valence-corrected chi connectivity index (χ0v) is 15.9. The van der Waals surface area contributed by atoms with E-state index >= 15 is 0 Å². The first-order valence-electron chi connectivity index (χ1n) is 8.70. The molecule has 3 amide bonds. The van der Waals surface area contributed by atoms with Gasteiger partial charge in [-0.2, -0.15) is 12.6 Å². The fourth-order valence-corrected chi connectivity index (χ4v) is 3.78.